The zero-order chi connectivity index (χ0) is 19.8. The van der Waals surface area contributed by atoms with Crippen molar-refractivity contribution in [2.45, 2.75) is 32.4 Å². The van der Waals surface area contributed by atoms with Crippen molar-refractivity contribution >= 4 is 29.3 Å². The predicted molar refractivity (Wildman–Crippen MR) is 102 cm³/mol. The molecule has 27 heavy (non-hydrogen) atoms. The first-order valence-electron chi connectivity index (χ1n) is 8.51. The summed E-state index contributed by atoms with van der Waals surface area (Å²) < 4.78 is 20.1. The molecule has 0 aliphatic carbocycles. The average Bonchev–Trinajstić information content (AvgIpc) is 3.37. The summed E-state index contributed by atoms with van der Waals surface area (Å²) in [6.07, 6.45) is -0.562. The normalized spacial score (nSPS) is 16.0. The van der Waals surface area contributed by atoms with E-state index in [4.69, 9.17) is 16.3 Å². The van der Waals surface area contributed by atoms with E-state index >= 15 is 0 Å². The molecule has 2 aromatic carbocycles. The lowest BCUT2D eigenvalue weighted by atomic mass is 10.0. The van der Waals surface area contributed by atoms with Crippen molar-refractivity contribution in [1.82, 2.24) is 4.90 Å². The average molecular weight is 391 g/mol. The molecule has 1 unspecified atom stereocenters. The van der Waals surface area contributed by atoms with Gasteiger partial charge in [0.15, 0.2) is 5.82 Å². The van der Waals surface area contributed by atoms with Gasteiger partial charge in [0.1, 0.15) is 11.6 Å². The van der Waals surface area contributed by atoms with E-state index in [9.17, 15) is 14.0 Å². The van der Waals surface area contributed by atoms with Crippen molar-refractivity contribution in [2.24, 2.45) is 0 Å². The van der Waals surface area contributed by atoms with Gasteiger partial charge in [-0.1, -0.05) is 41.9 Å². The maximum Gasteiger partial charge on any atom is 0.411 e. The smallest absolute Gasteiger partial charge is 0.411 e. The molecule has 0 spiro atoms. The number of halogens is 2. The zero-order valence-electron chi connectivity index (χ0n) is 15.3. The fourth-order valence-corrected chi connectivity index (χ4v) is 2.86. The number of benzene rings is 2. The molecule has 1 N–H and O–H groups in total. The second-order valence-corrected chi connectivity index (χ2v) is 7.69. The van der Waals surface area contributed by atoms with Gasteiger partial charge in [0.05, 0.1) is 12.2 Å². The van der Waals surface area contributed by atoms with Gasteiger partial charge in [0.2, 0.25) is 5.91 Å². The van der Waals surface area contributed by atoms with Gasteiger partial charge in [-0.15, -0.1) is 0 Å². The van der Waals surface area contributed by atoms with E-state index in [1.807, 2.05) is 0 Å². The number of hydrogen-bond acceptors (Lipinski definition) is 3. The Balaban J connectivity index is 1.72. The van der Waals surface area contributed by atoms with Gasteiger partial charge in [0.25, 0.3) is 0 Å². The maximum atomic E-state index is 14.9. The fourth-order valence-electron chi connectivity index (χ4n) is 2.62. The van der Waals surface area contributed by atoms with Crippen LogP contribution in [0, 0.1) is 5.82 Å². The quantitative estimate of drug-likeness (QED) is 0.772. The number of carbonyl (C=O) groups is 2. The van der Waals surface area contributed by atoms with Crippen LogP contribution in [0.5, 0.6) is 0 Å². The number of nitrogens with zero attached hydrogens (tertiary/aromatic N) is 1. The van der Waals surface area contributed by atoms with E-state index in [-0.39, 0.29) is 17.8 Å². The lowest BCUT2D eigenvalue weighted by Crippen LogP contribution is -2.30. The molecule has 1 heterocycles. The van der Waals surface area contributed by atoms with E-state index in [0.29, 0.717) is 10.6 Å². The first kappa shape index (κ1) is 19.2. The Bertz CT molecular complexity index is 895. The number of carbonyl (C=O) groups excluding carboxylic acids is 2. The van der Waals surface area contributed by atoms with Gasteiger partial charge >= 0.3 is 6.09 Å². The predicted octanol–water partition coefficient (Wildman–Crippen LogP) is 4.70. The number of hydrogen-bond donors (Lipinski definition) is 1. The molecule has 2 amide bonds. The first-order valence-corrected chi connectivity index (χ1v) is 8.89. The van der Waals surface area contributed by atoms with Gasteiger partial charge < -0.3 is 10.1 Å². The molecule has 5 nitrogen and oxygen atoms in total. The van der Waals surface area contributed by atoms with Crippen molar-refractivity contribution < 1.29 is 18.7 Å². The van der Waals surface area contributed by atoms with Crippen LogP contribution in [0.4, 0.5) is 14.9 Å². The summed E-state index contributed by atoms with van der Waals surface area (Å²) >= 11 is 6.14. The molecule has 0 aromatic heterocycles. The van der Waals surface area contributed by atoms with E-state index in [1.54, 1.807) is 57.2 Å². The highest BCUT2D eigenvalue weighted by Crippen LogP contribution is 2.33. The highest BCUT2D eigenvalue weighted by Gasteiger charge is 2.46. The van der Waals surface area contributed by atoms with Crippen LogP contribution in [-0.2, 0) is 9.53 Å². The van der Waals surface area contributed by atoms with Gasteiger partial charge in [-0.3, -0.25) is 9.69 Å². The van der Waals surface area contributed by atoms with E-state index in [2.05, 4.69) is 5.32 Å². The van der Waals surface area contributed by atoms with Crippen LogP contribution in [-0.4, -0.2) is 35.1 Å². The second kappa shape index (κ2) is 7.19. The third kappa shape index (κ3) is 4.39. The fraction of sp³-hybridized carbons (Fsp3) is 0.300. The SMILES string of the molecule is CC(C)(C)OC(=O)N1CC1C(=O)Nc1cccc(-c2ccccc2Cl)c1F. The standard InChI is InChI=1S/C20H20ClFN2O3/c1-20(2,3)27-19(26)24-11-16(24)18(25)23-15-10-6-8-13(17(15)22)12-7-4-5-9-14(12)21/h4-10,16H,11H2,1-3H3,(H,23,25). The molecule has 1 aliphatic rings. The van der Waals surface area contributed by atoms with Gasteiger partial charge in [-0.05, 0) is 32.9 Å². The maximum absolute atomic E-state index is 14.9. The second-order valence-electron chi connectivity index (χ2n) is 7.28. The topological polar surface area (TPSA) is 58.4 Å². The zero-order valence-corrected chi connectivity index (χ0v) is 16.0. The van der Waals surface area contributed by atoms with Crippen molar-refractivity contribution in [3.8, 4) is 11.1 Å². The van der Waals surface area contributed by atoms with Gasteiger partial charge in [-0.25, -0.2) is 9.18 Å². The van der Waals surface area contributed by atoms with Crippen LogP contribution < -0.4 is 5.32 Å². The molecule has 2 aromatic rings. The largest absolute Gasteiger partial charge is 0.444 e. The molecular formula is C20H20ClFN2O3. The summed E-state index contributed by atoms with van der Waals surface area (Å²) in [7, 11) is 0. The minimum Gasteiger partial charge on any atom is -0.444 e. The molecule has 1 aliphatic heterocycles. The van der Waals surface area contributed by atoms with Crippen LogP contribution in [0.25, 0.3) is 11.1 Å². The van der Waals surface area contributed by atoms with Crippen LogP contribution in [0.2, 0.25) is 5.02 Å². The Morgan fingerprint density at radius 1 is 1.15 bits per heavy atom. The molecule has 1 atom stereocenters. The van der Waals surface area contributed by atoms with Crippen molar-refractivity contribution in [1.29, 1.82) is 0 Å². The van der Waals surface area contributed by atoms with E-state index in [1.165, 1.54) is 11.0 Å². The summed E-state index contributed by atoms with van der Waals surface area (Å²) in [5, 5.41) is 2.96. The third-order valence-electron chi connectivity index (χ3n) is 3.96. The number of nitrogens with one attached hydrogen (secondary N) is 1. The minimum absolute atomic E-state index is 0.0356. The summed E-state index contributed by atoms with van der Waals surface area (Å²) in [5.74, 6) is -1.04. The molecule has 142 valence electrons. The van der Waals surface area contributed by atoms with Crippen molar-refractivity contribution in [3.05, 3.63) is 53.3 Å². The molecule has 1 fully saturated rings. The Labute approximate surface area is 162 Å². The number of rotatable bonds is 3. The summed E-state index contributed by atoms with van der Waals surface area (Å²) in [5.41, 5.74) is 0.219. The Hall–Kier alpha value is -2.60. The number of amides is 2. The molecule has 3 rings (SSSR count). The van der Waals surface area contributed by atoms with Gasteiger partial charge in [-0.2, -0.15) is 0 Å². The van der Waals surface area contributed by atoms with Crippen molar-refractivity contribution in [3.63, 3.8) is 0 Å². The minimum atomic E-state index is -0.664. The Morgan fingerprint density at radius 2 is 1.81 bits per heavy atom. The number of ether oxygens (including phenoxy) is 1. The molecular weight excluding hydrogens is 371 g/mol. The van der Waals surface area contributed by atoms with Gasteiger partial charge in [0, 0.05) is 16.1 Å². The number of anilines is 1. The van der Waals surface area contributed by atoms with Crippen molar-refractivity contribution in [2.75, 3.05) is 11.9 Å². The monoisotopic (exact) mass is 390 g/mol. The summed E-state index contributed by atoms with van der Waals surface area (Å²) in [6, 6.07) is 10.9. The highest BCUT2D eigenvalue weighted by molar-refractivity contribution is 6.33. The summed E-state index contributed by atoms with van der Waals surface area (Å²) in [4.78, 5) is 25.6. The third-order valence-corrected chi connectivity index (χ3v) is 4.29. The lowest BCUT2D eigenvalue weighted by molar-refractivity contribution is -0.116. The molecule has 0 saturated carbocycles. The Morgan fingerprint density at radius 3 is 2.48 bits per heavy atom. The molecule has 0 bridgehead atoms. The Kier molecular flexibility index (Phi) is 5.11. The van der Waals surface area contributed by atoms with Crippen LogP contribution >= 0.6 is 11.6 Å². The lowest BCUT2D eigenvalue weighted by Gasteiger charge is -2.19. The van der Waals surface area contributed by atoms with E-state index in [0.717, 1.165) is 0 Å². The molecule has 7 heteroatoms. The van der Waals surface area contributed by atoms with Crippen LogP contribution in [0.1, 0.15) is 20.8 Å². The van der Waals surface area contributed by atoms with Crippen LogP contribution in [0.15, 0.2) is 42.5 Å². The summed E-state index contributed by atoms with van der Waals surface area (Å²) in [6.45, 7) is 5.49. The van der Waals surface area contributed by atoms with Crippen LogP contribution in [0.3, 0.4) is 0 Å². The molecule has 0 radical (unpaired) electrons. The first-order chi connectivity index (χ1) is 12.7. The highest BCUT2D eigenvalue weighted by atomic mass is 35.5. The molecule has 1 saturated heterocycles. The van der Waals surface area contributed by atoms with E-state index < -0.39 is 29.5 Å².